The van der Waals surface area contributed by atoms with Crippen LogP contribution in [-0.4, -0.2) is 28.5 Å². The van der Waals surface area contributed by atoms with Crippen molar-refractivity contribution in [1.82, 2.24) is 15.3 Å². The monoisotopic (exact) mass is 208 g/mol. The number of hydrogen-bond donors (Lipinski definition) is 2. The second kappa shape index (κ2) is 4.25. The summed E-state index contributed by atoms with van der Waals surface area (Å²) in [4.78, 5) is 19.3. The number of hydrogen-bond acceptors (Lipinski definition) is 4. The highest BCUT2D eigenvalue weighted by atomic mass is 16.1. The van der Waals surface area contributed by atoms with Gasteiger partial charge < -0.3 is 10.6 Å². The molecule has 0 aromatic carbocycles. The third kappa shape index (κ3) is 3.53. The lowest BCUT2D eigenvalue weighted by molar-refractivity contribution is 0.0962. The number of nitrogens with zero attached hydrogens (tertiary/aromatic N) is 2. The fraction of sp³-hybridized carbons (Fsp3) is 0.500. The maximum absolute atomic E-state index is 11.2. The molecule has 0 saturated carbocycles. The molecule has 0 aliphatic heterocycles. The molecule has 0 unspecified atom stereocenters. The smallest absolute Gasteiger partial charge is 0.254 e. The molecule has 5 heteroatoms. The highest BCUT2D eigenvalue weighted by Crippen LogP contribution is 2.08. The molecule has 1 heterocycles. The van der Waals surface area contributed by atoms with Crippen LogP contribution in [0.1, 0.15) is 31.1 Å². The predicted octanol–water partition coefficient (Wildman–Crippen LogP) is 1.05. The van der Waals surface area contributed by atoms with Crippen LogP contribution in [0.4, 0.5) is 5.95 Å². The van der Waals surface area contributed by atoms with E-state index < -0.39 is 0 Å². The zero-order chi connectivity index (χ0) is 11.5. The third-order valence-electron chi connectivity index (χ3n) is 1.63. The number of carbonyl (C=O) groups is 1. The summed E-state index contributed by atoms with van der Waals surface area (Å²) >= 11 is 0. The van der Waals surface area contributed by atoms with E-state index in [2.05, 4.69) is 20.6 Å². The summed E-state index contributed by atoms with van der Waals surface area (Å²) < 4.78 is 0. The standard InChI is InChI=1S/C10H16N4O/c1-10(2,3)14-9-12-5-7(6-13-9)8(15)11-4/h5-6H,1-4H3,(H,11,15)(H,12,13,14). The van der Waals surface area contributed by atoms with Gasteiger partial charge in [-0.1, -0.05) is 0 Å². The number of carbonyl (C=O) groups excluding carboxylic acids is 1. The Hall–Kier alpha value is -1.65. The second-order valence-corrected chi connectivity index (χ2v) is 4.25. The molecule has 0 fully saturated rings. The molecule has 0 radical (unpaired) electrons. The van der Waals surface area contributed by atoms with Gasteiger partial charge >= 0.3 is 0 Å². The van der Waals surface area contributed by atoms with Crippen LogP contribution in [0, 0.1) is 0 Å². The van der Waals surface area contributed by atoms with E-state index in [1.54, 1.807) is 7.05 Å². The molecule has 0 bridgehead atoms. The van der Waals surface area contributed by atoms with Gasteiger partial charge in [-0.2, -0.15) is 0 Å². The zero-order valence-electron chi connectivity index (χ0n) is 9.46. The average Bonchev–Trinajstić information content (AvgIpc) is 2.15. The van der Waals surface area contributed by atoms with Crippen molar-refractivity contribution in [3.05, 3.63) is 18.0 Å². The van der Waals surface area contributed by atoms with E-state index in [-0.39, 0.29) is 11.4 Å². The third-order valence-corrected chi connectivity index (χ3v) is 1.63. The van der Waals surface area contributed by atoms with E-state index in [0.717, 1.165) is 0 Å². The number of rotatable bonds is 2. The summed E-state index contributed by atoms with van der Waals surface area (Å²) in [6, 6.07) is 0. The van der Waals surface area contributed by atoms with E-state index >= 15 is 0 Å². The Morgan fingerprint density at radius 2 is 1.80 bits per heavy atom. The molecule has 1 aromatic rings. The van der Waals surface area contributed by atoms with Gasteiger partial charge in [-0.15, -0.1) is 0 Å². The Bertz CT molecular complexity index is 339. The first-order valence-electron chi connectivity index (χ1n) is 4.75. The summed E-state index contributed by atoms with van der Waals surface area (Å²) in [7, 11) is 1.57. The van der Waals surface area contributed by atoms with Crippen molar-refractivity contribution in [3.63, 3.8) is 0 Å². The molecule has 0 aliphatic rings. The molecule has 1 rings (SSSR count). The van der Waals surface area contributed by atoms with Crippen LogP contribution in [0.25, 0.3) is 0 Å². The lowest BCUT2D eigenvalue weighted by Gasteiger charge is -2.20. The van der Waals surface area contributed by atoms with Gasteiger partial charge in [0.15, 0.2) is 0 Å². The fourth-order valence-electron chi connectivity index (χ4n) is 0.990. The molecule has 5 nitrogen and oxygen atoms in total. The van der Waals surface area contributed by atoms with Gasteiger partial charge in [0, 0.05) is 25.0 Å². The Labute approximate surface area is 89.3 Å². The number of nitrogens with one attached hydrogen (secondary N) is 2. The van der Waals surface area contributed by atoms with E-state index in [0.29, 0.717) is 11.5 Å². The topological polar surface area (TPSA) is 66.9 Å². The van der Waals surface area contributed by atoms with E-state index in [9.17, 15) is 4.79 Å². The minimum Gasteiger partial charge on any atom is -0.355 e. The van der Waals surface area contributed by atoms with Gasteiger partial charge in [0.2, 0.25) is 5.95 Å². The van der Waals surface area contributed by atoms with Crippen molar-refractivity contribution in [1.29, 1.82) is 0 Å². The molecule has 82 valence electrons. The SMILES string of the molecule is CNC(=O)c1cnc(NC(C)(C)C)nc1. The Morgan fingerprint density at radius 1 is 1.27 bits per heavy atom. The molecule has 1 aromatic heterocycles. The second-order valence-electron chi connectivity index (χ2n) is 4.25. The minimum absolute atomic E-state index is 0.0888. The maximum atomic E-state index is 11.2. The van der Waals surface area contributed by atoms with Gasteiger partial charge in [-0.3, -0.25) is 4.79 Å². The minimum atomic E-state index is -0.183. The van der Waals surface area contributed by atoms with Gasteiger partial charge in [0.25, 0.3) is 5.91 Å². The van der Waals surface area contributed by atoms with Crippen LogP contribution < -0.4 is 10.6 Å². The summed E-state index contributed by atoms with van der Waals surface area (Å²) in [5.74, 6) is 0.340. The number of anilines is 1. The van der Waals surface area contributed by atoms with Crippen LogP contribution in [0.2, 0.25) is 0 Å². The van der Waals surface area contributed by atoms with E-state index in [1.807, 2.05) is 20.8 Å². The quantitative estimate of drug-likeness (QED) is 0.762. The first-order chi connectivity index (χ1) is 6.92. The maximum Gasteiger partial charge on any atom is 0.254 e. The van der Waals surface area contributed by atoms with Gasteiger partial charge in [-0.05, 0) is 20.8 Å². The molecule has 15 heavy (non-hydrogen) atoms. The van der Waals surface area contributed by atoms with Crippen LogP contribution in [0.5, 0.6) is 0 Å². The summed E-state index contributed by atoms with van der Waals surface area (Å²) in [6.45, 7) is 6.05. The van der Waals surface area contributed by atoms with Gasteiger partial charge in [0.1, 0.15) is 0 Å². The van der Waals surface area contributed by atoms with Gasteiger partial charge in [0.05, 0.1) is 5.56 Å². The highest BCUT2D eigenvalue weighted by molar-refractivity contribution is 5.93. The Morgan fingerprint density at radius 3 is 2.20 bits per heavy atom. The van der Waals surface area contributed by atoms with Crippen molar-refractivity contribution < 1.29 is 4.79 Å². The number of amides is 1. The van der Waals surface area contributed by atoms with Crippen molar-refractivity contribution >= 4 is 11.9 Å². The Balaban J connectivity index is 2.77. The van der Waals surface area contributed by atoms with Crippen molar-refractivity contribution in [2.24, 2.45) is 0 Å². The van der Waals surface area contributed by atoms with Crippen molar-refractivity contribution in [3.8, 4) is 0 Å². The molecule has 1 amide bonds. The summed E-state index contributed by atoms with van der Waals surface area (Å²) in [5, 5.41) is 5.62. The average molecular weight is 208 g/mol. The van der Waals surface area contributed by atoms with Crippen LogP contribution >= 0.6 is 0 Å². The molecule has 0 saturated heterocycles. The lowest BCUT2D eigenvalue weighted by Crippen LogP contribution is -2.27. The molecular weight excluding hydrogens is 192 g/mol. The molecule has 0 atom stereocenters. The van der Waals surface area contributed by atoms with E-state index in [4.69, 9.17) is 0 Å². The molecule has 0 aliphatic carbocycles. The Kier molecular flexibility index (Phi) is 3.24. The van der Waals surface area contributed by atoms with Crippen LogP contribution in [0.3, 0.4) is 0 Å². The first kappa shape index (κ1) is 11.4. The largest absolute Gasteiger partial charge is 0.355 e. The molecular formula is C10H16N4O. The van der Waals surface area contributed by atoms with E-state index in [1.165, 1.54) is 12.4 Å². The van der Waals surface area contributed by atoms with Crippen molar-refractivity contribution in [2.45, 2.75) is 26.3 Å². The van der Waals surface area contributed by atoms with Gasteiger partial charge in [-0.25, -0.2) is 9.97 Å². The van der Waals surface area contributed by atoms with Crippen molar-refractivity contribution in [2.75, 3.05) is 12.4 Å². The van der Waals surface area contributed by atoms with Crippen LogP contribution in [0.15, 0.2) is 12.4 Å². The number of aromatic nitrogens is 2. The van der Waals surface area contributed by atoms with Crippen LogP contribution in [-0.2, 0) is 0 Å². The molecule has 2 N–H and O–H groups in total. The lowest BCUT2D eigenvalue weighted by atomic mass is 10.1. The highest BCUT2D eigenvalue weighted by Gasteiger charge is 2.11. The predicted molar refractivity (Wildman–Crippen MR) is 58.8 cm³/mol. The normalized spacial score (nSPS) is 10.9. The summed E-state index contributed by atoms with van der Waals surface area (Å²) in [6.07, 6.45) is 3.00. The zero-order valence-corrected chi connectivity index (χ0v) is 9.46. The molecule has 0 spiro atoms. The summed E-state index contributed by atoms with van der Waals surface area (Å²) in [5.41, 5.74) is 0.367. The fourth-order valence-corrected chi connectivity index (χ4v) is 0.990. The first-order valence-corrected chi connectivity index (χ1v) is 4.75.